The Labute approximate surface area is 134 Å². The highest BCUT2D eigenvalue weighted by atomic mass is 16.5. The Morgan fingerprint density at radius 1 is 1.52 bits per heavy atom. The smallest absolute Gasteiger partial charge is 0.290 e. The van der Waals surface area contributed by atoms with Crippen molar-refractivity contribution in [2.24, 2.45) is 11.7 Å². The molecule has 0 bridgehead atoms. The van der Waals surface area contributed by atoms with Gasteiger partial charge in [-0.15, -0.1) is 0 Å². The Balaban J connectivity index is 2.09. The number of methoxy groups -OCH3 is 1. The summed E-state index contributed by atoms with van der Waals surface area (Å²) in [5.41, 5.74) is 5.62. The first-order valence-electron chi connectivity index (χ1n) is 7.41. The van der Waals surface area contributed by atoms with Crippen LogP contribution in [0.3, 0.4) is 0 Å². The lowest BCUT2D eigenvalue weighted by molar-refractivity contribution is -0.111. The fourth-order valence-corrected chi connectivity index (χ4v) is 2.59. The van der Waals surface area contributed by atoms with E-state index < -0.39 is 11.8 Å². The van der Waals surface area contributed by atoms with Gasteiger partial charge in [0.05, 0.1) is 19.0 Å². The molecule has 1 aliphatic rings. The second-order valence-corrected chi connectivity index (χ2v) is 5.64. The summed E-state index contributed by atoms with van der Waals surface area (Å²) in [5, 5.41) is 10.6. The molecule has 124 valence electrons. The maximum absolute atomic E-state index is 12.2. The van der Waals surface area contributed by atoms with Crippen molar-refractivity contribution >= 4 is 23.3 Å². The molecule has 1 fully saturated rings. The van der Waals surface area contributed by atoms with Crippen LogP contribution in [0.5, 0.6) is 5.88 Å². The highest BCUT2D eigenvalue weighted by Crippen LogP contribution is 2.19. The quantitative estimate of drug-likeness (QED) is 0.563. The number of likely N-dealkylation sites (tertiary alicyclic amines) is 1. The topological polar surface area (TPSA) is 121 Å². The van der Waals surface area contributed by atoms with Gasteiger partial charge in [-0.25, -0.2) is 4.98 Å². The average molecular weight is 319 g/mol. The molecule has 8 nitrogen and oxygen atoms in total. The number of nitrogens with one attached hydrogen (secondary N) is 2. The molecule has 0 saturated carbocycles. The molecule has 23 heavy (non-hydrogen) atoms. The lowest BCUT2D eigenvalue weighted by Gasteiger charge is -2.32. The van der Waals surface area contributed by atoms with Gasteiger partial charge in [-0.2, -0.15) is 0 Å². The zero-order chi connectivity index (χ0) is 17.0. The van der Waals surface area contributed by atoms with Crippen LogP contribution < -0.4 is 15.8 Å². The van der Waals surface area contributed by atoms with Crippen LogP contribution in [0, 0.1) is 11.3 Å². The van der Waals surface area contributed by atoms with Crippen LogP contribution in [0.2, 0.25) is 0 Å². The van der Waals surface area contributed by atoms with Gasteiger partial charge in [0.25, 0.3) is 11.8 Å². The van der Waals surface area contributed by atoms with Crippen molar-refractivity contribution in [1.29, 1.82) is 5.41 Å². The number of aromatic nitrogens is 1. The Hall–Kier alpha value is -2.64. The summed E-state index contributed by atoms with van der Waals surface area (Å²) >= 11 is 0. The van der Waals surface area contributed by atoms with E-state index in [0.717, 1.165) is 12.8 Å². The van der Waals surface area contributed by atoms with E-state index in [1.54, 1.807) is 4.90 Å². The minimum atomic E-state index is -0.703. The zero-order valence-electron chi connectivity index (χ0n) is 13.3. The Kier molecular flexibility index (Phi) is 5.15. The molecule has 1 aromatic rings. The van der Waals surface area contributed by atoms with Gasteiger partial charge in [0.2, 0.25) is 5.88 Å². The van der Waals surface area contributed by atoms with E-state index in [1.807, 2.05) is 0 Å². The molecular formula is C15H21N5O3. The van der Waals surface area contributed by atoms with Gasteiger partial charge in [-0.3, -0.25) is 15.0 Å². The van der Waals surface area contributed by atoms with Crippen molar-refractivity contribution in [1.82, 2.24) is 9.88 Å². The fourth-order valence-electron chi connectivity index (χ4n) is 2.59. The Morgan fingerprint density at radius 3 is 2.87 bits per heavy atom. The number of pyridine rings is 1. The van der Waals surface area contributed by atoms with Gasteiger partial charge in [0.1, 0.15) is 5.56 Å². The molecule has 0 aliphatic carbocycles. The van der Waals surface area contributed by atoms with Gasteiger partial charge in [-0.05, 0) is 24.8 Å². The van der Waals surface area contributed by atoms with Crippen LogP contribution >= 0.6 is 0 Å². The first-order chi connectivity index (χ1) is 10.9. The van der Waals surface area contributed by atoms with Gasteiger partial charge < -0.3 is 20.7 Å². The van der Waals surface area contributed by atoms with E-state index in [4.69, 9.17) is 15.9 Å². The first kappa shape index (κ1) is 16.7. The van der Waals surface area contributed by atoms with Gasteiger partial charge in [0, 0.05) is 13.1 Å². The number of anilines is 1. The standard InChI is InChI=1S/C15H21N5O3/c1-9-4-3-5-20(8-9)12(16)14(22)19-10-6-11(13(17)21)15(23-2)18-7-10/h6-7,9,16H,3-5,8H2,1-2H3,(H2,17,21)(H,19,22)/t9-/m0/s1. The molecule has 1 aliphatic heterocycles. The lowest BCUT2D eigenvalue weighted by atomic mass is 10.0. The number of carbonyl (C=O) groups is 2. The molecule has 0 radical (unpaired) electrons. The van der Waals surface area contributed by atoms with E-state index in [1.165, 1.54) is 19.4 Å². The summed E-state index contributed by atoms with van der Waals surface area (Å²) in [5.74, 6) is -0.781. The molecule has 1 atom stereocenters. The number of ether oxygens (including phenoxy) is 1. The van der Waals surface area contributed by atoms with Crippen molar-refractivity contribution in [3.63, 3.8) is 0 Å². The molecule has 0 aromatic carbocycles. The predicted octanol–water partition coefficient (Wildman–Crippen LogP) is 0.837. The molecule has 1 saturated heterocycles. The maximum Gasteiger partial charge on any atom is 0.290 e. The van der Waals surface area contributed by atoms with E-state index in [-0.39, 0.29) is 17.3 Å². The first-order valence-corrected chi connectivity index (χ1v) is 7.41. The molecule has 2 amide bonds. The fraction of sp³-hybridized carbons (Fsp3) is 0.467. The molecule has 1 aromatic heterocycles. The number of nitrogens with zero attached hydrogens (tertiary/aromatic N) is 2. The zero-order valence-corrected chi connectivity index (χ0v) is 13.3. The van der Waals surface area contributed by atoms with Crippen molar-refractivity contribution < 1.29 is 14.3 Å². The van der Waals surface area contributed by atoms with Crippen LogP contribution in [-0.4, -0.2) is 47.7 Å². The second-order valence-electron chi connectivity index (χ2n) is 5.64. The largest absolute Gasteiger partial charge is 0.480 e. The third-order valence-electron chi connectivity index (χ3n) is 3.76. The number of hydrogen-bond acceptors (Lipinski definition) is 5. The van der Waals surface area contributed by atoms with Gasteiger partial charge >= 0.3 is 0 Å². The summed E-state index contributed by atoms with van der Waals surface area (Å²) in [6.07, 6.45) is 3.43. The van der Waals surface area contributed by atoms with E-state index in [0.29, 0.717) is 24.7 Å². The maximum atomic E-state index is 12.2. The van der Waals surface area contributed by atoms with E-state index in [2.05, 4.69) is 17.2 Å². The molecule has 8 heteroatoms. The summed E-state index contributed by atoms with van der Waals surface area (Å²) < 4.78 is 4.95. The number of hydrogen-bond donors (Lipinski definition) is 3. The van der Waals surface area contributed by atoms with Crippen molar-refractivity contribution in [3.05, 3.63) is 17.8 Å². The van der Waals surface area contributed by atoms with Crippen LogP contribution in [0.1, 0.15) is 30.1 Å². The molecular weight excluding hydrogens is 298 g/mol. The molecule has 4 N–H and O–H groups in total. The molecule has 2 heterocycles. The predicted molar refractivity (Wildman–Crippen MR) is 85.6 cm³/mol. The minimum absolute atomic E-state index is 0.0726. The SMILES string of the molecule is COc1ncc(NC(=O)C(=N)N2CCC[C@H](C)C2)cc1C(N)=O. The van der Waals surface area contributed by atoms with Crippen LogP contribution in [0.25, 0.3) is 0 Å². The van der Waals surface area contributed by atoms with Crippen molar-refractivity contribution in [2.75, 3.05) is 25.5 Å². The van der Waals surface area contributed by atoms with Gasteiger partial charge in [-0.1, -0.05) is 6.92 Å². The van der Waals surface area contributed by atoms with Crippen LogP contribution in [0.15, 0.2) is 12.3 Å². The Bertz CT molecular complexity index is 632. The highest BCUT2D eigenvalue weighted by Gasteiger charge is 2.23. The number of nitrogens with two attached hydrogens (primary N) is 1. The van der Waals surface area contributed by atoms with E-state index >= 15 is 0 Å². The van der Waals surface area contributed by atoms with Gasteiger partial charge in [0.15, 0.2) is 5.84 Å². The second kappa shape index (κ2) is 7.08. The van der Waals surface area contributed by atoms with Crippen LogP contribution in [0.4, 0.5) is 5.69 Å². The summed E-state index contributed by atoms with van der Waals surface area (Å²) in [6.45, 7) is 3.49. The summed E-state index contributed by atoms with van der Waals surface area (Å²) in [6, 6.07) is 1.39. The van der Waals surface area contributed by atoms with Crippen LogP contribution in [-0.2, 0) is 4.79 Å². The third-order valence-corrected chi connectivity index (χ3v) is 3.76. The molecule has 2 rings (SSSR count). The normalized spacial score (nSPS) is 17.5. The summed E-state index contributed by atoms with van der Waals surface area (Å²) in [7, 11) is 1.38. The van der Waals surface area contributed by atoms with Crippen molar-refractivity contribution in [2.45, 2.75) is 19.8 Å². The minimum Gasteiger partial charge on any atom is -0.480 e. The van der Waals surface area contributed by atoms with Crippen molar-refractivity contribution in [3.8, 4) is 5.88 Å². The number of piperidine rings is 1. The average Bonchev–Trinajstić information content (AvgIpc) is 2.53. The number of rotatable bonds is 3. The van der Waals surface area contributed by atoms with E-state index in [9.17, 15) is 9.59 Å². The summed E-state index contributed by atoms with van der Waals surface area (Å²) in [4.78, 5) is 29.3. The highest BCUT2D eigenvalue weighted by molar-refractivity contribution is 6.40. The number of amides is 2. The lowest BCUT2D eigenvalue weighted by Crippen LogP contribution is -2.44. The number of primary amides is 1. The number of amidine groups is 1. The number of carbonyl (C=O) groups excluding carboxylic acids is 2. The monoisotopic (exact) mass is 319 g/mol. The Morgan fingerprint density at radius 2 is 2.26 bits per heavy atom. The molecule has 0 spiro atoms. The molecule has 0 unspecified atom stereocenters. The third kappa shape index (κ3) is 3.97.